The second kappa shape index (κ2) is 11.9. The normalized spacial score (nSPS) is 10.7. The zero-order valence-electron chi connectivity index (χ0n) is 17.6. The molecule has 0 spiro atoms. The molecule has 2 aromatic rings. The number of hydrazone groups is 1. The lowest BCUT2D eigenvalue weighted by atomic mass is 10.0. The van der Waals surface area contributed by atoms with Crippen LogP contribution in [0.1, 0.15) is 29.5 Å². The molecule has 0 unspecified atom stereocenters. The average Bonchev–Trinajstić information content (AvgIpc) is 2.73. The number of ether oxygens (including phenoxy) is 3. The summed E-state index contributed by atoms with van der Waals surface area (Å²) in [6.45, 7) is 1.53. The average molecular weight is 493 g/mol. The first-order valence-corrected chi connectivity index (χ1v) is 10.3. The standard InChI is InChI=1S/C22H25BrN2O6/c1-14-9-17(29-2)8-7-16(14)5-4-6-20(26)25-24-12-15-10-18(23)22(19(11-15)30-3)31-13-21(27)28/h7-12H,4-6,13H2,1-3H3,(H,25,26)(H,27,28)/b24-12+. The quantitative estimate of drug-likeness (QED) is 0.365. The molecule has 0 aliphatic rings. The minimum Gasteiger partial charge on any atom is -0.497 e. The van der Waals surface area contributed by atoms with Crippen molar-refractivity contribution in [2.75, 3.05) is 20.8 Å². The van der Waals surface area contributed by atoms with Crippen LogP contribution >= 0.6 is 15.9 Å². The third-order valence-corrected chi connectivity index (χ3v) is 4.98. The van der Waals surface area contributed by atoms with Crippen LogP contribution in [0.15, 0.2) is 39.9 Å². The van der Waals surface area contributed by atoms with Crippen LogP contribution in [0.4, 0.5) is 0 Å². The van der Waals surface area contributed by atoms with Crippen molar-refractivity contribution >= 4 is 34.0 Å². The summed E-state index contributed by atoms with van der Waals surface area (Å²) in [6, 6.07) is 9.21. The maximum atomic E-state index is 12.0. The third kappa shape index (κ3) is 7.60. The summed E-state index contributed by atoms with van der Waals surface area (Å²) in [4.78, 5) is 22.8. The molecule has 0 bridgehead atoms. The van der Waals surface area contributed by atoms with E-state index in [1.165, 1.54) is 18.9 Å². The molecule has 166 valence electrons. The number of aliphatic carboxylic acids is 1. The van der Waals surface area contributed by atoms with Crippen molar-refractivity contribution in [3.05, 3.63) is 51.5 Å². The van der Waals surface area contributed by atoms with Gasteiger partial charge >= 0.3 is 5.97 Å². The number of hydrogen-bond acceptors (Lipinski definition) is 6. The van der Waals surface area contributed by atoms with E-state index in [4.69, 9.17) is 19.3 Å². The Morgan fingerprint density at radius 2 is 1.97 bits per heavy atom. The number of rotatable bonds is 11. The highest BCUT2D eigenvalue weighted by Crippen LogP contribution is 2.36. The first-order chi connectivity index (χ1) is 14.8. The zero-order valence-corrected chi connectivity index (χ0v) is 19.2. The summed E-state index contributed by atoms with van der Waals surface area (Å²) in [7, 11) is 3.08. The number of aryl methyl sites for hydroxylation is 2. The molecule has 2 rings (SSSR count). The number of halogens is 1. The van der Waals surface area contributed by atoms with E-state index in [2.05, 4.69) is 26.5 Å². The number of nitrogens with zero attached hydrogens (tertiary/aromatic N) is 1. The van der Waals surface area contributed by atoms with Crippen LogP contribution in [0, 0.1) is 6.92 Å². The molecule has 0 aliphatic carbocycles. The number of benzene rings is 2. The van der Waals surface area contributed by atoms with Gasteiger partial charge < -0.3 is 19.3 Å². The molecule has 0 atom stereocenters. The van der Waals surface area contributed by atoms with Gasteiger partial charge in [-0.25, -0.2) is 10.2 Å². The van der Waals surface area contributed by atoms with Crippen molar-refractivity contribution in [1.82, 2.24) is 5.43 Å². The fraction of sp³-hybridized carbons (Fsp3) is 0.318. The van der Waals surface area contributed by atoms with Crippen molar-refractivity contribution in [2.24, 2.45) is 5.10 Å². The Kier molecular flexibility index (Phi) is 9.33. The summed E-state index contributed by atoms with van der Waals surface area (Å²) in [5.41, 5.74) is 5.46. The van der Waals surface area contributed by atoms with Crippen molar-refractivity contribution in [2.45, 2.75) is 26.2 Å². The maximum Gasteiger partial charge on any atom is 0.341 e. The molecule has 0 aliphatic heterocycles. The minimum atomic E-state index is -1.09. The van der Waals surface area contributed by atoms with E-state index in [1.807, 2.05) is 25.1 Å². The number of nitrogens with one attached hydrogen (secondary N) is 1. The number of hydrogen-bond donors (Lipinski definition) is 2. The van der Waals surface area contributed by atoms with Gasteiger partial charge in [-0.3, -0.25) is 4.79 Å². The van der Waals surface area contributed by atoms with E-state index in [9.17, 15) is 9.59 Å². The maximum absolute atomic E-state index is 12.0. The molecule has 2 N–H and O–H groups in total. The predicted molar refractivity (Wildman–Crippen MR) is 120 cm³/mol. The molecule has 31 heavy (non-hydrogen) atoms. The molecule has 0 radical (unpaired) electrons. The van der Waals surface area contributed by atoms with E-state index >= 15 is 0 Å². The summed E-state index contributed by atoms with van der Waals surface area (Å²) >= 11 is 3.33. The molecule has 0 saturated carbocycles. The molecule has 0 fully saturated rings. The third-order valence-electron chi connectivity index (χ3n) is 4.39. The Hall–Kier alpha value is -3.07. The second-order valence-electron chi connectivity index (χ2n) is 6.66. The highest BCUT2D eigenvalue weighted by Gasteiger charge is 2.13. The first-order valence-electron chi connectivity index (χ1n) is 9.51. The van der Waals surface area contributed by atoms with Crippen molar-refractivity contribution in [3.63, 3.8) is 0 Å². The van der Waals surface area contributed by atoms with Gasteiger partial charge in [0.1, 0.15) is 5.75 Å². The van der Waals surface area contributed by atoms with Crippen LogP contribution in [-0.4, -0.2) is 44.0 Å². The Labute approximate surface area is 189 Å². The minimum absolute atomic E-state index is 0.185. The van der Waals surface area contributed by atoms with Crippen molar-refractivity contribution in [1.29, 1.82) is 0 Å². The lowest BCUT2D eigenvalue weighted by Crippen LogP contribution is -2.17. The largest absolute Gasteiger partial charge is 0.497 e. The molecule has 1 amide bonds. The summed E-state index contributed by atoms with van der Waals surface area (Å²) in [6.07, 6.45) is 3.30. The lowest BCUT2D eigenvalue weighted by Gasteiger charge is -2.12. The van der Waals surface area contributed by atoms with Gasteiger partial charge in [0.2, 0.25) is 5.91 Å². The van der Waals surface area contributed by atoms with Gasteiger partial charge in [-0.1, -0.05) is 6.07 Å². The van der Waals surface area contributed by atoms with Gasteiger partial charge in [0, 0.05) is 6.42 Å². The zero-order chi connectivity index (χ0) is 22.8. The number of carbonyl (C=O) groups is 2. The van der Waals surface area contributed by atoms with Gasteiger partial charge in [0.05, 0.1) is 24.9 Å². The van der Waals surface area contributed by atoms with Crippen LogP contribution in [-0.2, 0) is 16.0 Å². The fourth-order valence-electron chi connectivity index (χ4n) is 2.84. The summed E-state index contributed by atoms with van der Waals surface area (Å²) in [5.74, 6) is 0.163. The van der Waals surface area contributed by atoms with Crippen LogP contribution in [0.2, 0.25) is 0 Å². The van der Waals surface area contributed by atoms with E-state index in [1.54, 1.807) is 19.2 Å². The first kappa shape index (κ1) is 24.2. The van der Waals surface area contributed by atoms with E-state index in [0.717, 1.165) is 17.7 Å². The SMILES string of the molecule is COc1ccc(CCCC(=O)N/N=C/c2cc(Br)c(OCC(=O)O)c(OC)c2)c(C)c1. The topological polar surface area (TPSA) is 106 Å². The van der Waals surface area contributed by atoms with Crippen molar-refractivity contribution in [3.8, 4) is 17.2 Å². The van der Waals surface area contributed by atoms with Gasteiger partial charge in [0.15, 0.2) is 18.1 Å². The smallest absolute Gasteiger partial charge is 0.341 e. The fourth-order valence-corrected chi connectivity index (χ4v) is 3.41. The Morgan fingerprint density at radius 1 is 1.19 bits per heavy atom. The molecule has 9 heteroatoms. The lowest BCUT2D eigenvalue weighted by molar-refractivity contribution is -0.139. The Bertz CT molecular complexity index is 961. The number of methoxy groups -OCH3 is 2. The van der Waals surface area contributed by atoms with Crippen LogP contribution in [0.5, 0.6) is 17.2 Å². The number of amides is 1. The molecule has 8 nitrogen and oxygen atoms in total. The van der Waals surface area contributed by atoms with Crippen LogP contribution < -0.4 is 19.6 Å². The molecule has 0 heterocycles. The van der Waals surface area contributed by atoms with Gasteiger partial charge in [-0.15, -0.1) is 0 Å². The van der Waals surface area contributed by atoms with Gasteiger partial charge in [-0.2, -0.15) is 5.10 Å². The van der Waals surface area contributed by atoms with E-state index in [-0.39, 0.29) is 11.7 Å². The molecule has 0 aromatic heterocycles. The Balaban J connectivity index is 1.88. The number of carboxylic acid groups (broad SMARTS) is 1. The summed E-state index contributed by atoms with van der Waals surface area (Å²) in [5, 5.41) is 12.7. The van der Waals surface area contributed by atoms with Crippen LogP contribution in [0.3, 0.4) is 0 Å². The van der Waals surface area contributed by atoms with E-state index in [0.29, 0.717) is 28.6 Å². The van der Waals surface area contributed by atoms with Gasteiger partial charge in [-0.05, 0) is 76.7 Å². The number of carbonyl (C=O) groups excluding carboxylic acids is 1. The van der Waals surface area contributed by atoms with E-state index < -0.39 is 12.6 Å². The number of carboxylic acids is 1. The monoisotopic (exact) mass is 492 g/mol. The molecule has 2 aromatic carbocycles. The highest BCUT2D eigenvalue weighted by molar-refractivity contribution is 9.10. The Morgan fingerprint density at radius 3 is 2.61 bits per heavy atom. The predicted octanol–water partition coefficient (Wildman–Crippen LogP) is 3.71. The van der Waals surface area contributed by atoms with Crippen LogP contribution in [0.25, 0.3) is 0 Å². The second-order valence-corrected chi connectivity index (χ2v) is 7.51. The van der Waals surface area contributed by atoms with Crippen molar-refractivity contribution < 1.29 is 28.9 Å². The highest BCUT2D eigenvalue weighted by atomic mass is 79.9. The molecular weight excluding hydrogens is 468 g/mol. The molecular formula is C22H25BrN2O6. The molecule has 0 saturated heterocycles. The summed E-state index contributed by atoms with van der Waals surface area (Å²) < 4.78 is 16.2. The van der Waals surface area contributed by atoms with Gasteiger partial charge in [0.25, 0.3) is 0 Å².